The molecule has 0 radical (unpaired) electrons. The lowest BCUT2D eigenvalue weighted by Gasteiger charge is -2.26. The van der Waals surface area contributed by atoms with E-state index in [0.29, 0.717) is 5.92 Å². The third kappa shape index (κ3) is 2.98. The van der Waals surface area contributed by atoms with Gasteiger partial charge in [0.25, 0.3) is 0 Å². The van der Waals surface area contributed by atoms with Crippen molar-refractivity contribution < 1.29 is 5.11 Å². The van der Waals surface area contributed by atoms with Crippen molar-refractivity contribution in [3.05, 3.63) is 0 Å². The minimum Gasteiger partial charge on any atom is -0.390 e. The number of rotatable bonds is 4. The van der Waals surface area contributed by atoms with E-state index in [1.54, 1.807) is 0 Å². The van der Waals surface area contributed by atoms with Crippen LogP contribution in [0.25, 0.3) is 0 Å². The van der Waals surface area contributed by atoms with E-state index in [2.05, 4.69) is 20.8 Å². The Bertz CT molecular complexity index is 155. The fourth-order valence-corrected chi connectivity index (χ4v) is 2.54. The maximum Gasteiger partial charge on any atom is 0.0653 e. The van der Waals surface area contributed by atoms with Crippen LogP contribution in [0.5, 0.6) is 0 Å². The van der Waals surface area contributed by atoms with Gasteiger partial charge in [-0.25, -0.2) is 0 Å². The van der Waals surface area contributed by atoms with E-state index in [9.17, 15) is 5.11 Å². The van der Waals surface area contributed by atoms with Crippen LogP contribution in [0.4, 0.5) is 0 Å². The Kier molecular flexibility index (Phi) is 3.78. The van der Waals surface area contributed by atoms with Crippen molar-refractivity contribution in [2.24, 2.45) is 11.8 Å². The molecule has 3 unspecified atom stereocenters. The highest BCUT2D eigenvalue weighted by molar-refractivity contribution is 4.89. The van der Waals surface area contributed by atoms with Crippen LogP contribution < -0.4 is 0 Å². The van der Waals surface area contributed by atoms with Crippen LogP contribution in [-0.4, -0.2) is 10.7 Å². The second-order valence-electron chi connectivity index (χ2n) is 4.96. The molecular formula is C12H24O. The van der Waals surface area contributed by atoms with E-state index in [0.717, 1.165) is 25.2 Å². The molecule has 0 aromatic rings. The molecule has 0 bridgehead atoms. The minimum absolute atomic E-state index is 0.309. The Hall–Kier alpha value is -0.0400. The average Bonchev–Trinajstić information content (AvgIpc) is 2.47. The van der Waals surface area contributed by atoms with Crippen molar-refractivity contribution in [3.8, 4) is 0 Å². The molecule has 1 saturated carbocycles. The van der Waals surface area contributed by atoms with E-state index in [1.165, 1.54) is 19.3 Å². The molecule has 0 saturated heterocycles. The first-order valence-electron chi connectivity index (χ1n) is 5.82. The third-order valence-corrected chi connectivity index (χ3v) is 3.69. The largest absolute Gasteiger partial charge is 0.390 e. The Morgan fingerprint density at radius 3 is 2.62 bits per heavy atom. The number of hydrogen-bond donors (Lipinski definition) is 1. The standard InChI is InChI=1S/C12H24O/c1-4-10(3)8-12(13)7-6-11(5-2)9-12/h10-11,13H,4-9H2,1-3H3. The molecule has 1 aliphatic carbocycles. The summed E-state index contributed by atoms with van der Waals surface area (Å²) >= 11 is 0. The molecule has 13 heavy (non-hydrogen) atoms. The van der Waals surface area contributed by atoms with Crippen molar-refractivity contribution in [1.29, 1.82) is 0 Å². The van der Waals surface area contributed by atoms with Crippen molar-refractivity contribution in [1.82, 2.24) is 0 Å². The van der Waals surface area contributed by atoms with Gasteiger partial charge in [0.1, 0.15) is 0 Å². The second kappa shape index (κ2) is 4.45. The fourth-order valence-electron chi connectivity index (χ4n) is 2.54. The van der Waals surface area contributed by atoms with Gasteiger partial charge in [0, 0.05) is 0 Å². The van der Waals surface area contributed by atoms with E-state index in [1.807, 2.05) is 0 Å². The van der Waals surface area contributed by atoms with Crippen molar-refractivity contribution >= 4 is 0 Å². The van der Waals surface area contributed by atoms with Gasteiger partial charge >= 0.3 is 0 Å². The zero-order valence-electron chi connectivity index (χ0n) is 9.34. The highest BCUT2D eigenvalue weighted by atomic mass is 16.3. The van der Waals surface area contributed by atoms with Crippen molar-refractivity contribution in [2.45, 2.75) is 64.9 Å². The van der Waals surface area contributed by atoms with Gasteiger partial charge in [0.2, 0.25) is 0 Å². The quantitative estimate of drug-likeness (QED) is 0.710. The number of aliphatic hydroxyl groups is 1. The Morgan fingerprint density at radius 2 is 2.15 bits per heavy atom. The number of hydrogen-bond acceptors (Lipinski definition) is 1. The van der Waals surface area contributed by atoms with E-state index in [-0.39, 0.29) is 5.60 Å². The van der Waals surface area contributed by atoms with Crippen LogP contribution in [0.3, 0.4) is 0 Å². The summed E-state index contributed by atoms with van der Waals surface area (Å²) in [6.45, 7) is 6.69. The first kappa shape index (κ1) is 11.0. The predicted molar refractivity (Wildman–Crippen MR) is 56.7 cm³/mol. The summed E-state index contributed by atoms with van der Waals surface area (Å²) in [5.41, 5.74) is -0.309. The van der Waals surface area contributed by atoms with Gasteiger partial charge in [0.05, 0.1) is 5.60 Å². The molecular weight excluding hydrogens is 160 g/mol. The molecule has 0 aromatic heterocycles. The lowest BCUT2D eigenvalue weighted by molar-refractivity contribution is 0.0199. The summed E-state index contributed by atoms with van der Waals surface area (Å²) in [7, 11) is 0. The van der Waals surface area contributed by atoms with Gasteiger partial charge in [-0.05, 0) is 37.5 Å². The van der Waals surface area contributed by atoms with E-state index in [4.69, 9.17) is 0 Å². The topological polar surface area (TPSA) is 20.2 Å². The van der Waals surface area contributed by atoms with Gasteiger partial charge < -0.3 is 5.11 Å². The van der Waals surface area contributed by atoms with Gasteiger partial charge in [-0.2, -0.15) is 0 Å². The smallest absolute Gasteiger partial charge is 0.0653 e. The molecule has 0 aromatic carbocycles. The summed E-state index contributed by atoms with van der Waals surface area (Å²) < 4.78 is 0. The zero-order chi connectivity index (χ0) is 9.90. The van der Waals surface area contributed by atoms with Crippen LogP contribution in [0, 0.1) is 11.8 Å². The maximum absolute atomic E-state index is 10.3. The van der Waals surface area contributed by atoms with Crippen LogP contribution in [0.15, 0.2) is 0 Å². The molecule has 1 nitrogen and oxygen atoms in total. The molecule has 1 heteroatoms. The molecule has 1 aliphatic rings. The Labute approximate surface area is 82.5 Å². The molecule has 0 amide bonds. The molecule has 78 valence electrons. The highest BCUT2D eigenvalue weighted by Gasteiger charge is 2.36. The molecule has 0 spiro atoms. The molecule has 1 N–H and O–H groups in total. The molecule has 0 aliphatic heterocycles. The van der Waals surface area contributed by atoms with Crippen molar-refractivity contribution in [2.75, 3.05) is 0 Å². The van der Waals surface area contributed by atoms with Gasteiger partial charge in [-0.3, -0.25) is 0 Å². The summed E-state index contributed by atoms with van der Waals surface area (Å²) in [5, 5.41) is 10.3. The van der Waals surface area contributed by atoms with Crippen LogP contribution >= 0.6 is 0 Å². The molecule has 1 rings (SSSR count). The summed E-state index contributed by atoms with van der Waals surface area (Å²) in [6.07, 6.45) is 6.77. The van der Waals surface area contributed by atoms with E-state index < -0.39 is 0 Å². The third-order valence-electron chi connectivity index (χ3n) is 3.69. The monoisotopic (exact) mass is 184 g/mol. The second-order valence-corrected chi connectivity index (χ2v) is 4.96. The Balaban J connectivity index is 2.40. The van der Waals surface area contributed by atoms with E-state index >= 15 is 0 Å². The summed E-state index contributed by atoms with van der Waals surface area (Å²) in [6, 6.07) is 0. The molecule has 0 heterocycles. The Morgan fingerprint density at radius 1 is 1.46 bits per heavy atom. The molecule has 3 atom stereocenters. The normalized spacial score (nSPS) is 36.5. The first-order chi connectivity index (χ1) is 6.09. The average molecular weight is 184 g/mol. The minimum atomic E-state index is -0.309. The SMILES string of the molecule is CCC(C)CC1(O)CCC(CC)C1. The zero-order valence-corrected chi connectivity index (χ0v) is 9.34. The van der Waals surface area contributed by atoms with Crippen molar-refractivity contribution in [3.63, 3.8) is 0 Å². The van der Waals surface area contributed by atoms with Gasteiger partial charge in [-0.15, -0.1) is 0 Å². The van der Waals surface area contributed by atoms with Crippen LogP contribution in [0.1, 0.15) is 59.3 Å². The predicted octanol–water partition coefficient (Wildman–Crippen LogP) is 3.36. The van der Waals surface area contributed by atoms with Gasteiger partial charge in [-0.1, -0.05) is 33.6 Å². The highest BCUT2D eigenvalue weighted by Crippen LogP contribution is 2.40. The first-order valence-corrected chi connectivity index (χ1v) is 5.82. The lowest BCUT2D eigenvalue weighted by Crippen LogP contribution is -2.27. The fraction of sp³-hybridized carbons (Fsp3) is 1.00. The maximum atomic E-state index is 10.3. The summed E-state index contributed by atoms with van der Waals surface area (Å²) in [5.74, 6) is 1.47. The summed E-state index contributed by atoms with van der Waals surface area (Å²) in [4.78, 5) is 0. The van der Waals surface area contributed by atoms with Gasteiger partial charge in [0.15, 0.2) is 0 Å². The lowest BCUT2D eigenvalue weighted by atomic mass is 9.88. The molecule has 1 fully saturated rings. The van der Waals surface area contributed by atoms with Crippen LogP contribution in [0.2, 0.25) is 0 Å². The van der Waals surface area contributed by atoms with Crippen LogP contribution in [-0.2, 0) is 0 Å².